The summed E-state index contributed by atoms with van der Waals surface area (Å²) >= 11 is 0. The number of aromatic nitrogens is 2. The zero-order valence-electron chi connectivity index (χ0n) is 13.5. The molecule has 24 heavy (non-hydrogen) atoms. The number of rotatable bonds is 6. The third-order valence-corrected chi connectivity index (χ3v) is 3.98. The van der Waals surface area contributed by atoms with Crippen molar-refractivity contribution in [3.63, 3.8) is 0 Å². The van der Waals surface area contributed by atoms with Gasteiger partial charge in [-0.05, 0) is 43.7 Å². The summed E-state index contributed by atoms with van der Waals surface area (Å²) in [5.41, 5.74) is 6.11. The second kappa shape index (κ2) is 7.27. The Morgan fingerprint density at radius 1 is 1.29 bits per heavy atom. The van der Waals surface area contributed by atoms with E-state index < -0.39 is 0 Å². The van der Waals surface area contributed by atoms with Gasteiger partial charge in [0.25, 0.3) is 0 Å². The lowest BCUT2D eigenvalue weighted by molar-refractivity contribution is -0.119. The fourth-order valence-electron chi connectivity index (χ4n) is 2.89. The number of carbonyl (C=O) groups is 1. The Morgan fingerprint density at radius 2 is 2.04 bits per heavy atom. The SMILES string of the molecule is COc1ccc(Oc2cncc([C@@H]3CCCN3CC(N)=O)n2)cc1. The number of likely N-dealkylation sites (tertiary alicyclic amines) is 1. The van der Waals surface area contributed by atoms with Crippen molar-refractivity contribution < 1.29 is 14.3 Å². The van der Waals surface area contributed by atoms with Gasteiger partial charge < -0.3 is 15.2 Å². The third kappa shape index (κ3) is 3.80. The van der Waals surface area contributed by atoms with Crippen LogP contribution in [0.5, 0.6) is 17.4 Å². The molecule has 1 aromatic carbocycles. The number of benzene rings is 1. The molecule has 3 rings (SSSR count). The third-order valence-electron chi connectivity index (χ3n) is 3.98. The van der Waals surface area contributed by atoms with Crippen molar-refractivity contribution in [2.75, 3.05) is 20.2 Å². The van der Waals surface area contributed by atoms with Gasteiger partial charge in [0.1, 0.15) is 11.5 Å². The highest BCUT2D eigenvalue weighted by atomic mass is 16.5. The van der Waals surface area contributed by atoms with Crippen molar-refractivity contribution in [2.24, 2.45) is 5.73 Å². The normalized spacial score (nSPS) is 17.6. The van der Waals surface area contributed by atoms with E-state index in [9.17, 15) is 4.79 Å². The van der Waals surface area contributed by atoms with Crippen molar-refractivity contribution in [3.8, 4) is 17.4 Å². The summed E-state index contributed by atoms with van der Waals surface area (Å²) in [6, 6.07) is 7.30. The van der Waals surface area contributed by atoms with Crippen LogP contribution in [0.1, 0.15) is 24.6 Å². The summed E-state index contributed by atoms with van der Waals surface area (Å²) in [6.07, 6.45) is 5.21. The molecular formula is C17H20N4O3. The molecule has 7 heteroatoms. The number of amides is 1. The topological polar surface area (TPSA) is 90.6 Å². The molecule has 0 radical (unpaired) electrons. The minimum Gasteiger partial charge on any atom is -0.497 e. The Labute approximate surface area is 140 Å². The van der Waals surface area contributed by atoms with Crippen LogP contribution in [0.15, 0.2) is 36.7 Å². The summed E-state index contributed by atoms with van der Waals surface area (Å²) in [4.78, 5) is 22.0. The van der Waals surface area contributed by atoms with Crippen LogP contribution in [0.3, 0.4) is 0 Å². The van der Waals surface area contributed by atoms with Crippen LogP contribution >= 0.6 is 0 Å². The number of nitrogens with zero attached hydrogens (tertiary/aromatic N) is 3. The van der Waals surface area contributed by atoms with Crippen LogP contribution in [0, 0.1) is 0 Å². The van der Waals surface area contributed by atoms with E-state index in [1.165, 1.54) is 0 Å². The van der Waals surface area contributed by atoms with E-state index in [1.807, 2.05) is 29.2 Å². The van der Waals surface area contributed by atoms with Crippen molar-refractivity contribution in [1.29, 1.82) is 0 Å². The minimum atomic E-state index is -0.333. The predicted molar refractivity (Wildman–Crippen MR) is 87.8 cm³/mol. The molecule has 126 valence electrons. The van der Waals surface area contributed by atoms with Gasteiger partial charge in [-0.3, -0.25) is 14.7 Å². The van der Waals surface area contributed by atoms with Crippen molar-refractivity contribution in [3.05, 3.63) is 42.4 Å². The molecule has 2 N–H and O–H groups in total. The van der Waals surface area contributed by atoms with E-state index in [0.717, 1.165) is 30.8 Å². The van der Waals surface area contributed by atoms with Gasteiger partial charge in [0.05, 0.1) is 37.8 Å². The Balaban J connectivity index is 1.74. The molecule has 1 saturated heterocycles. The van der Waals surface area contributed by atoms with Crippen LogP contribution in [0.2, 0.25) is 0 Å². The van der Waals surface area contributed by atoms with Crippen molar-refractivity contribution in [1.82, 2.24) is 14.9 Å². The monoisotopic (exact) mass is 328 g/mol. The molecule has 2 heterocycles. The average Bonchev–Trinajstić information content (AvgIpc) is 3.03. The first-order valence-corrected chi connectivity index (χ1v) is 7.82. The highest BCUT2D eigenvalue weighted by Crippen LogP contribution is 2.31. The predicted octanol–water partition coefficient (Wildman–Crippen LogP) is 1.90. The highest BCUT2D eigenvalue weighted by molar-refractivity contribution is 5.76. The first-order valence-electron chi connectivity index (χ1n) is 7.82. The van der Waals surface area contributed by atoms with E-state index >= 15 is 0 Å². The Hall–Kier alpha value is -2.67. The smallest absolute Gasteiger partial charge is 0.238 e. The van der Waals surface area contributed by atoms with Gasteiger partial charge in [0, 0.05) is 0 Å². The zero-order valence-corrected chi connectivity index (χ0v) is 13.5. The molecule has 1 amide bonds. The van der Waals surface area contributed by atoms with E-state index in [0.29, 0.717) is 11.6 Å². The van der Waals surface area contributed by atoms with Gasteiger partial charge in [-0.15, -0.1) is 0 Å². The summed E-state index contributed by atoms with van der Waals surface area (Å²) in [7, 11) is 1.62. The van der Waals surface area contributed by atoms with Crippen molar-refractivity contribution in [2.45, 2.75) is 18.9 Å². The fraction of sp³-hybridized carbons (Fsp3) is 0.353. The lowest BCUT2D eigenvalue weighted by Crippen LogP contribution is -2.33. The number of nitrogens with two attached hydrogens (primary N) is 1. The fourth-order valence-corrected chi connectivity index (χ4v) is 2.89. The number of hydrogen-bond donors (Lipinski definition) is 1. The maximum absolute atomic E-state index is 11.2. The molecular weight excluding hydrogens is 308 g/mol. The molecule has 0 spiro atoms. The van der Waals surface area contributed by atoms with Gasteiger partial charge in [-0.2, -0.15) is 0 Å². The quantitative estimate of drug-likeness (QED) is 0.871. The van der Waals surface area contributed by atoms with E-state index in [2.05, 4.69) is 9.97 Å². The Bertz CT molecular complexity index is 705. The second-order valence-electron chi connectivity index (χ2n) is 5.65. The highest BCUT2D eigenvalue weighted by Gasteiger charge is 2.28. The van der Waals surface area contributed by atoms with Gasteiger partial charge in [-0.1, -0.05) is 0 Å². The van der Waals surface area contributed by atoms with Crippen LogP contribution in [-0.4, -0.2) is 41.0 Å². The first-order chi connectivity index (χ1) is 11.7. The zero-order chi connectivity index (χ0) is 16.9. The molecule has 2 aromatic rings. The average molecular weight is 328 g/mol. The molecule has 1 aliphatic heterocycles. The molecule has 7 nitrogen and oxygen atoms in total. The van der Waals surface area contributed by atoms with E-state index in [4.69, 9.17) is 15.2 Å². The maximum atomic E-state index is 11.2. The molecule has 0 aliphatic carbocycles. The number of hydrogen-bond acceptors (Lipinski definition) is 6. The van der Waals surface area contributed by atoms with E-state index in [-0.39, 0.29) is 18.5 Å². The standard InChI is InChI=1S/C17H20N4O3/c1-23-12-4-6-13(7-5-12)24-17-10-19-9-14(20-17)15-3-2-8-21(15)11-16(18)22/h4-7,9-10,15H,2-3,8,11H2,1H3,(H2,18,22)/t15-/m0/s1. The van der Waals surface area contributed by atoms with Crippen LogP contribution < -0.4 is 15.2 Å². The number of carbonyl (C=O) groups excluding carboxylic acids is 1. The molecule has 1 aliphatic rings. The molecule has 0 unspecified atom stereocenters. The molecule has 0 saturated carbocycles. The minimum absolute atomic E-state index is 0.0458. The summed E-state index contributed by atoms with van der Waals surface area (Å²) in [5, 5.41) is 0. The molecule has 1 atom stereocenters. The van der Waals surface area contributed by atoms with Gasteiger partial charge in [-0.25, -0.2) is 4.98 Å². The van der Waals surface area contributed by atoms with Gasteiger partial charge in [0.15, 0.2) is 0 Å². The number of ether oxygens (including phenoxy) is 2. The van der Waals surface area contributed by atoms with Crippen LogP contribution in [0.4, 0.5) is 0 Å². The number of primary amides is 1. The van der Waals surface area contributed by atoms with Gasteiger partial charge >= 0.3 is 0 Å². The van der Waals surface area contributed by atoms with Crippen LogP contribution in [0.25, 0.3) is 0 Å². The lowest BCUT2D eigenvalue weighted by Gasteiger charge is -2.22. The lowest BCUT2D eigenvalue weighted by atomic mass is 10.1. The first kappa shape index (κ1) is 16.2. The molecule has 1 fully saturated rings. The largest absolute Gasteiger partial charge is 0.497 e. The Kier molecular flexibility index (Phi) is 4.90. The maximum Gasteiger partial charge on any atom is 0.238 e. The van der Waals surface area contributed by atoms with Crippen LogP contribution in [-0.2, 0) is 4.79 Å². The van der Waals surface area contributed by atoms with E-state index in [1.54, 1.807) is 19.5 Å². The number of methoxy groups -OCH3 is 1. The summed E-state index contributed by atoms with van der Waals surface area (Å²) in [5.74, 6) is 1.50. The van der Waals surface area contributed by atoms with Crippen molar-refractivity contribution >= 4 is 5.91 Å². The summed E-state index contributed by atoms with van der Waals surface area (Å²) in [6.45, 7) is 1.06. The van der Waals surface area contributed by atoms with Gasteiger partial charge in [0.2, 0.25) is 11.8 Å². The second-order valence-corrected chi connectivity index (χ2v) is 5.65. The molecule has 0 bridgehead atoms. The Morgan fingerprint density at radius 3 is 2.75 bits per heavy atom. The summed E-state index contributed by atoms with van der Waals surface area (Å²) < 4.78 is 10.9. The molecule has 1 aromatic heterocycles.